The Morgan fingerprint density at radius 2 is 0.917 bits per heavy atom. The van der Waals surface area contributed by atoms with Gasteiger partial charge in [0.1, 0.15) is 0 Å². The molecular weight excluding hydrogens is 629 g/mol. The summed E-state index contributed by atoms with van der Waals surface area (Å²) < 4.78 is 36.6. The maximum atomic E-state index is 14.8. The van der Waals surface area contributed by atoms with Gasteiger partial charge in [0.05, 0.1) is 4.90 Å². The van der Waals surface area contributed by atoms with Crippen molar-refractivity contribution in [1.82, 2.24) is 0 Å². The number of aryl methyl sites for hydroxylation is 1. The Bertz CT molecular complexity index is 1670. The average molecular weight is 681 g/mol. The first-order valence-electron chi connectivity index (χ1n) is 18.6. The van der Waals surface area contributed by atoms with E-state index < -0.39 is 20.4 Å². The quantitative estimate of drug-likeness (QED) is 0.177. The minimum atomic E-state index is -4.17. The van der Waals surface area contributed by atoms with Crippen molar-refractivity contribution in [2.45, 2.75) is 141 Å². The summed E-state index contributed by atoms with van der Waals surface area (Å²) in [5.74, 6) is 1.36. The fourth-order valence-electron chi connectivity index (χ4n) is 8.72. The summed E-state index contributed by atoms with van der Waals surface area (Å²) >= 11 is 0. The minimum Gasteiger partial charge on any atom is -0.203 e. The zero-order valence-electron chi connectivity index (χ0n) is 28.6. The minimum absolute atomic E-state index is 0.217. The lowest BCUT2D eigenvalue weighted by Gasteiger charge is -2.45. The highest BCUT2D eigenvalue weighted by Gasteiger charge is 2.44. The zero-order chi connectivity index (χ0) is 33.0. The third-order valence-electron chi connectivity index (χ3n) is 11.3. The Hall–Kier alpha value is -2.86. The van der Waals surface area contributed by atoms with Crippen molar-refractivity contribution in [3.05, 3.63) is 119 Å². The van der Waals surface area contributed by atoms with Crippen LogP contribution >= 0.6 is 10.3 Å². The Kier molecular flexibility index (Phi) is 10.5. The molecule has 254 valence electrons. The van der Waals surface area contributed by atoms with Crippen molar-refractivity contribution in [1.29, 1.82) is 0 Å². The van der Waals surface area contributed by atoms with Gasteiger partial charge >= 0.3 is 10.1 Å². The molecule has 4 aromatic rings. The molecule has 0 atom stereocenters. The molecule has 7 rings (SSSR count). The lowest BCUT2D eigenvalue weighted by atomic mass is 9.76. The van der Waals surface area contributed by atoms with E-state index in [1.165, 1.54) is 92.2 Å². The van der Waals surface area contributed by atoms with E-state index >= 15 is 0 Å². The van der Waals surface area contributed by atoms with Crippen molar-refractivity contribution >= 4 is 20.4 Å². The van der Waals surface area contributed by atoms with Crippen molar-refractivity contribution in [3.63, 3.8) is 0 Å². The van der Waals surface area contributed by atoms with E-state index in [0.717, 1.165) is 41.0 Å². The molecule has 0 bridgehead atoms. The summed E-state index contributed by atoms with van der Waals surface area (Å²) in [4.78, 5) is 3.31. The SMILES string of the molecule is Cc1ccc(S(=O)(=O)OS(c2ccccc2)(c2ccccc2)c2c(C3CCCCC3)cc(C3CCCCC3)cc2C2CCCCC2)cc1. The van der Waals surface area contributed by atoms with Gasteiger partial charge in [0.2, 0.25) is 0 Å². The topological polar surface area (TPSA) is 43.4 Å². The van der Waals surface area contributed by atoms with Crippen molar-refractivity contribution in [2.24, 2.45) is 0 Å². The standard InChI is InChI=1S/C43H52O3S2/c1-33-27-29-40(30-28-33)48(44,45)46-47(38-23-13-5-14-24-38,39-25-15-6-16-26-39)43-41(35-19-9-3-10-20-35)31-37(34-17-7-2-8-18-34)32-42(43)36-21-11-4-12-22-36/h5-6,13-16,23-32,34-36H,2-4,7-12,17-22H2,1H3. The van der Waals surface area contributed by atoms with Crippen molar-refractivity contribution < 1.29 is 12.0 Å². The average Bonchev–Trinajstić information content (AvgIpc) is 3.15. The number of benzene rings is 4. The van der Waals surface area contributed by atoms with Gasteiger partial charge in [-0.2, -0.15) is 8.42 Å². The molecule has 5 heteroatoms. The third-order valence-corrected chi connectivity index (χ3v) is 16.6. The van der Waals surface area contributed by atoms with Crippen LogP contribution in [-0.4, -0.2) is 8.42 Å². The second-order valence-corrected chi connectivity index (χ2v) is 18.9. The van der Waals surface area contributed by atoms with Gasteiger partial charge in [-0.05, 0) is 127 Å². The van der Waals surface area contributed by atoms with Crippen LogP contribution in [0.3, 0.4) is 0 Å². The van der Waals surface area contributed by atoms with Gasteiger partial charge in [0.15, 0.2) is 0 Å². The van der Waals surface area contributed by atoms with Gasteiger partial charge in [0.25, 0.3) is 0 Å². The summed E-state index contributed by atoms with van der Waals surface area (Å²) in [7, 11) is -6.91. The first-order valence-corrected chi connectivity index (χ1v) is 21.6. The molecule has 3 aliphatic rings. The van der Waals surface area contributed by atoms with Crippen LogP contribution < -0.4 is 0 Å². The highest BCUT2D eigenvalue weighted by molar-refractivity contribution is 8.33. The van der Waals surface area contributed by atoms with Crippen LogP contribution in [0.15, 0.2) is 117 Å². The normalized spacial score (nSPS) is 19.3. The molecule has 0 aromatic heterocycles. The van der Waals surface area contributed by atoms with E-state index in [2.05, 4.69) is 60.7 Å². The van der Waals surface area contributed by atoms with E-state index in [1.807, 2.05) is 31.2 Å². The van der Waals surface area contributed by atoms with Crippen LogP contribution in [0.25, 0.3) is 0 Å². The lowest BCUT2D eigenvalue weighted by molar-refractivity contribution is 0.419. The monoisotopic (exact) mass is 680 g/mol. The largest absolute Gasteiger partial charge is 0.307 e. The van der Waals surface area contributed by atoms with Crippen LogP contribution in [0, 0.1) is 6.92 Å². The molecule has 0 unspecified atom stereocenters. The predicted octanol–water partition coefficient (Wildman–Crippen LogP) is 12.7. The third kappa shape index (κ3) is 6.93. The molecule has 3 nitrogen and oxygen atoms in total. The summed E-state index contributed by atoms with van der Waals surface area (Å²) in [5, 5.41) is 0. The molecule has 4 aromatic carbocycles. The van der Waals surface area contributed by atoms with Crippen LogP contribution in [0.5, 0.6) is 0 Å². The summed E-state index contributed by atoms with van der Waals surface area (Å²) in [6.07, 6.45) is 18.5. The molecule has 0 spiro atoms. The molecule has 0 N–H and O–H groups in total. The Morgan fingerprint density at radius 1 is 0.500 bits per heavy atom. The first kappa shape index (κ1) is 33.6. The van der Waals surface area contributed by atoms with Gasteiger partial charge in [-0.25, -0.2) is 3.63 Å². The highest BCUT2D eigenvalue weighted by Crippen LogP contribution is 2.73. The molecule has 0 radical (unpaired) electrons. The van der Waals surface area contributed by atoms with E-state index in [9.17, 15) is 8.42 Å². The van der Waals surface area contributed by atoms with Gasteiger partial charge in [-0.15, -0.1) is 0 Å². The van der Waals surface area contributed by atoms with Gasteiger partial charge in [-0.1, -0.05) is 124 Å². The Balaban J connectivity index is 1.57. The fourth-order valence-corrected chi connectivity index (χ4v) is 14.4. The second kappa shape index (κ2) is 14.9. The maximum absolute atomic E-state index is 14.8. The van der Waals surface area contributed by atoms with Crippen LogP contribution in [-0.2, 0) is 13.7 Å². The maximum Gasteiger partial charge on any atom is 0.307 e. The Morgan fingerprint density at radius 3 is 1.35 bits per heavy atom. The number of rotatable bonds is 9. The highest BCUT2D eigenvalue weighted by atomic mass is 32.3. The second-order valence-electron chi connectivity index (χ2n) is 14.6. The predicted molar refractivity (Wildman–Crippen MR) is 199 cm³/mol. The number of hydrogen-bond donors (Lipinski definition) is 0. The van der Waals surface area contributed by atoms with Crippen LogP contribution in [0.1, 0.15) is 136 Å². The molecular formula is C43H52O3S2. The van der Waals surface area contributed by atoms with E-state index in [0.29, 0.717) is 17.8 Å². The van der Waals surface area contributed by atoms with Gasteiger partial charge in [-0.3, -0.25) is 0 Å². The van der Waals surface area contributed by atoms with Gasteiger partial charge < -0.3 is 0 Å². The molecule has 3 fully saturated rings. The van der Waals surface area contributed by atoms with Crippen molar-refractivity contribution in [3.8, 4) is 0 Å². The molecule has 3 saturated carbocycles. The molecule has 3 aliphatic carbocycles. The molecule has 48 heavy (non-hydrogen) atoms. The molecule has 0 heterocycles. The summed E-state index contributed by atoms with van der Waals surface area (Å²) in [6.45, 7) is 1.99. The number of hydrogen-bond acceptors (Lipinski definition) is 3. The van der Waals surface area contributed by atoms with Crippen molar-refractivity contribution in [2.75, 3.05) is 0 Å². The Labute approximate surface area is 291 Å². The first-order chi connectivity index (χ1) is 23.5. The summed E-state index contributed by atoms with van der Waals surface area (Å²) in [5.41, 5.74) is 5.27. The molecule has 0 amide bonds. The van der Waals surface area contributed by atoms with Gasteiger partial charge in [0, 0.05) is 14.7 Å². The fraction of sp³-hybridized carbons (Fsp3) is 0.442. The van der Waals surface area contributed by atoms with Crippen LogP contribution in [0.4, 0.5) is 0 Å². The van der Waals surface area contributed by atoms with E-state index in [4.69, 9.17) is 3.63 Å². The smallest absolute Gasteiger partial charge is 0.203 e. The molecule has 0 aliphatic heterocycles. The van der Waals surface area contributed by atoms with E-state index in [-0.39, 0.29) is 4.90 Å². The van der Waals surface area contributed by atoms with E-state index in [1.54, 1.807) is 12.1 Å². The lowest BCUT2D eigenvalue weighted by Crippen LogP contribution is -2.21. The molecule has 0 saturated heterocycles. The zero-order valence-corrected chi connectivity index (χ0v) is 30.3. The van der Waals surface area contributed by atoms with Crippen LogP contribution in [0.2, 0.25) is 0 Å². The summed E-state index contributed by atoms with van der Waals surface area (Å²) in [6, 6.07) is 33.1.